The van der Waals surface area contributed by atoms with Crippen LogP contribution in [0.2, 0.25) is 0 Å². The second kappa shape index (κ2) is 12.7. The molecule has 210 valence electrons. The third-order valence-corrected chi connectivity index (χ3v) is 7.56. The fourth-order valence-electron chi connectivity index (χ4n) is 5.28. The number of rotatable bonds is 9. The van der Waals surface area contributed by atoms with Crippen LogP contribution in [-0.2, 0) is 6.54 Å². The van der Waals surface area contributed by atoms with Crippen molar-refractivity contribution in [2.24, 2.45) is 0 Å². The van der Waals surface area contributed by atoms with Crippen LogP contribution in [0.1, 0.15) is 15.9 Å². The molecule has 0 radical (unpaired) electrons. The Morgan fingerprint density at radius 1 is 0.786 bits per heavy atom. The largest absolute Gasteiger partial charge is 0.490 e. The van der Waals surface area contributed by atoms with Gasteiger partial charge in [-0.05, 0) is 48.0 Å². The predicted molar refractivity (Wildman–Crippen MR) is 168 cm³/mol. The molecule has 1 amide bonds. The van der Waals surface area contributed by atoms with Gasteiger partial charge in [0.15, 0.2) is 0 Å². The lowest BCUT2D eigenvalue weighted by Crippen LogP contribution is -2.48. The van der Waals surface area contributed by atoms with Gasteiger partial charge in [-0.15, -0.1) is 0 Å². The van der Waals surface area contributed by atoms with Crippen LogP contribution in [0, 0.1) is 0 Å². The summed E-state index contributed by atoms with van der Waals surface area (Å²) < 4.78 is 7.54. The highest BCUT2D eigenvalue weighted by Gasteiger charge is 2.22. The zero-order chi connectivity index (χ0) is 28.7. The van der Waals surface area contributed by atoms with Crippen LogP contribution in [0.3, 0.4) is 0 Å². The fraction of sp³-hybridized carbons (Fsp3) is 0.167. The summed E-state index contributed by atoms with van der Waals surface area (Å²) in [5.41, 5.74) is 6.90. The summed E-state index contributed by atoms with van der Waals surface area (Å²) in [6.07, 6.45) is 1.74. The number of carbonyl (C=O) groups excluding carboxylic acids is 1. The second-order valence-corrected chi connectivity index (χ2v) is 10.4. The number of aromatic nitrogens is 2. The number of hydrogen-bond acceptors (Lipinski definition) is 4. The van der Waals surface area contributed by atoms with Crippen LogP contribution in [0.15, 0.2) is 128 Å². The molecule has 0 saturated carbocycles. The second-order valence-electron chi connectivity index (χ2n) is 10.4. The molecule has 1 fully saturated rings. The summed E-state index contributed by atoms with van der Waals surface area (Å²) >= 11 is 0. The number of nitrogens with zero attached hydrogens (tertiary/aromatic N) is 4. The van der Waals surface area contributed by atoms with E-state index in [2.05, 4.69) is 53.9 Å². The SMILES string of the molecule is C=CCOc1ccc(CN2CCN(C(=O)c3ccc(-n4nc(-c5ccccc5)cc4-c4ccccc4)cc3)CC2)cc1. The van der Waals surface area contributed by atoms with Crippen molar-refractivity contribution >= 4 is 5.91 Å². The van der Waals surface area contributed by atoms with E-state index in [-0.39, 0.29) is 5.91 Å². The van der Waals surface area contributed by atoms with Crippen molar-refractivity contribution in [1.29, 1.82) is 0 Å². The highest BCUT2D eigenvalue weighted by Crippen LogP contribution is 2.29. The number of ether oxygens (including phenoxy) is 1. The van der Waals surface area contributed by atoms with Gasteiger partial charge < -0.3 is 9.64 Å². The molecule has 0 aliphatic carbocycles. The maximum atomic E-state index is 13.4. The summed E-state index contributed by atoms with van der Waals surface area (Å²) in [6.45, 7) is 8.15. The molecule has 1 saturated heterocycles. The Morgan fingerprint density at radius 3 is 2.07 bits per heavy atom. The number of benzene rings is 4. The van der Waals surface area contributed by atoms with E-state index in [1.54, 1.807) is 6.08 Å². The molecule has 42 heavy (non-hydrogen) atoms. The summed E-state index contributed by atoms with van der Waals surface area (Å²) in [7, 11) is 0. The first-order valence-electron chi connectivity index (χ1n) is 14.3. The first-order chi connectivity index (χ1) is 20.7. The van der Waals surface area contributed by atoms with Gasteiger partial charge in [0.25, 0.3) is 5.91 Å². The fourth-order valence-corrected chi connectivity index (χ4v) is 5.28. The van der Waals surface area contributed by atoms with Gasteiger partial charge in [-0.2, -0.15) is 5.10 Å². The smallest absolute Gasteiger partial charge is 0.253 e. The first kappa shape index (κ1) is 27.2. The van der Waals surface area contributed by atoms with Crippen molar-refractivity contribution in [3.8, 4) is 34.0 Å². The molecule has 0 unspecified atom stereocenters. The van der Waals surface area contributed by atoms with E-state index in [9.17, 15) is 4.79 Å². The normalized spacial score (nSPS) is 13.6. The number of hydrogen-bond donors (Lipinski definition) is 0. The molecular formula is C36H34N4O2. The third-order valence-electron chi connectivity index (χ3n) is 7.56. The molecule has 0 N–H and O–H groups in total. The van der Waals surface area contributed by atoms with Crippen LogP contribution >= 0.6 is 0 Å². The maximum absolute atomic E-state index is 13.4. The van der Waals surface area contributed by atoms with Crippen LogP contribution < -0.4 is 4.74 Å². The average Bonchev–Trinajstić information content (AvgIpc) is 3.51. The van der Waals surface area contributed by atoms with Gasteiger partial charge >= 0.3 is 0 Å². The van der Waals surface area contributed by atoms with Gasteiger partial charge in [-0.3, -0.25) is 9.69 Å². The van der Waals surface area contributed by atoms with E-state index in [1.807, 2.05) is 82.4 Å². The lowest BCUT2D eigenvalue weighted by atomic mass is 10.1. The average molecular weight is 555 g/mol. The zero-order valence-electron chi connectivity index (χ0n) is 23.6. The molecule has 4 aromatic carbocycles. The number of amides is 1. The molecule has 6 heteroatoms. The molecule has 6 nitrogen and oxygen atoms in total. The minimum atomic E-state index is 0.0682. The van der Waals surface area contributed by atoms with E-state index in [1.165, 1.54) is 5.56 Å². The number of carbonyl (C=O) groups is 1. The molecule has 1 aliphatic rings. The summed E-state index contributed by atoms with van der Waals surface area (Å²) in [4.78, 5) is 17.7. The Kier molecular flexibility index (Phi) is 8.24. The lowest BCUT2D eigenvalue weighted by Gasteiger charge is -2.34. The van der Waals surface area contributed by atoms with Crippen molar-refractivity contribution in [1.82, 2.24) is 19.6 Å². The Bertz CT molecular complexity index is 1620. The Labute approximate surface area is 247 Å². The van der Waals surface area contributed by atoms with Crippen LogP contribution in [0.5, 0.6) is 5.75 Å². The molecular weight excluding hydrogens is 520 g/mol. The van der Waals surface area contributed by atoms with Crippen LogP contribution in [-0.4, -0.2) is 58.3 Å². The number of piperazine rings is 1. The molecule has 6 rings (SSSR count). The summed E-state index contributed by atoms with van der Waals surface area (Å²) in [5, 5.41) is 4.96. The molecule has 1 aromatic heterocycles. The lowest BCUT2D eigenvalue weighted by molar-refractivity contribution is 0.0628. The van der Waals surface area contributed by atoms with Gasteiger partial charge in [-0.1, -0.05) is 85.5 Å². The Morgan fingerprint density at radius 2 is 1.43 bits per heavy atom. The van der Waals surface area contributed by atoms with Gasteiger partial charge in [0.2, 0.25) is 0 Å². The molecule has 2 heterocycles. The van der Waals surface area contributed by atoms with Gasteiger partial charge in [0.1, 0.15) is 12.4 Å². The molecule has 5 aromatic rings. The Hall–Kier alpha value is -4.94. The van der Waals surface area contributed by atoms with E-state index in [0.717, 1.165) is 53.6 Å². The van der Waals surface area contributed by atoms with Crippen molar-refractivity contribution in [3.05, 3.63) is 139 Å². The molecule has 0 spiro atoms. The molecule has 1 aliphatic heterocycles. The minimum absolute atomic E-state index is 0.0682. The van der Waals surface area contributed by atoms with Gasteiger partial charge in [-0.25, -0.2) is 4.68 Å². The van der Waals surface area contributed by atoms with Crippen LogP contribution in [0.4, 0.5) is 0 Å². The Balaban J connectivity index is 1.12. The summed E-state index contributed by atoms with van der Waals surface area (Å²) in [5.74, 6) is 0.916. The van der Waals surface area contributed by atoms with E-state index in [4.69, 9.17) is 9.84 Å². The third kappa shape index (κ3) is 6.19. The molecule has 0 atom stereocenters. The predicted octanol–water partition coefficient (Wildman–Crippen LogP) is 6.73. The van der Waals surface area contributed by atoms with Crippen molar-refractivity contribution in [2.45, 2.75) is 6.54 Å². The quantitative estimate of drug-likeness (QED) is 0.190. The van der Waals surface area contributed by atoms with E-state index >= 15 is 0 Å². The van der Waals surface area contributed by atoms with Gasteiger partial charge in [0.05, 0.1) is 17.1 Å². The van der Waals surface area contributed by atoms with Crippen LogP contribution in [0.25, 0.3) is 28.2 Å². The molecule has 0 bridgehead atoms. The van der Waals surface area contributed by atoms with Crippen molar-refractivity contribution in [3.63, 3.8) is 0 Å². The summed E-state index contributed by atoms with van der Waals surface area (Å²) in [6, 6.07) is 38.6. The maximum Gasteiger partial charge on any atom is 0.253 e. The topological polar surface area (TPSA) is 50.6 Å². The zero-order valence-corrected chi connectivity index (χ0v) is 23.6. The van der Waals surface area contributed by atoms with E-state index < -0.39 is 0 Å². The monoisotopic (exact) mass is 554 g/mol. The minimum Gasteiger partial charge on any atom is -0.490 e. The highest BCUT2D eigenvalue weighted by molar-refractivity contribution is 5.94. The van der Waals surface area contributed by atoms with E-state index in [0.29, 0.717) is 25.3 Å². The van der Waals surface area contributed by atoms with Gasteiger partial charge in [0, 0.05) is 49.4 Å². The standard InChI is InChI=1S/C36H34N4O2/c1-2-25-42-33-19-13-28(14-20-33)27-38-21-23-39(24-22-38)36(41)31-15-17-32(18-16-31)40-35(30-11-7-4-8-12-30)26-34(37-40)29-9-5-3-6-10-29/h2-20,26H,1,21-25,27H2. The first-order valence-corrected chi connectivity index (χ1v) is 14.3. The van der Waals surface area contributed by atoms with Crippen molar-refractivity contribution < 1.29 is 9.53 Å². The highest BCUT2D eigenvalue weighted by atomic mass is 16.5. The van der Waals surface area contributed by atoms with Crippen molar-refractivity contribution in [2.75, 3.05) is 32.8 Å².